The molecule has 0 aliphatic rings. The molecule has 0 spiro atoms. The molecule has 0 saturated heterocycles. The Bertz CT molecular complexity index is 521. The summed E-state index contributed by atoms with van der Waals surface area (Å²) in [5.41, 5.74) is -2.64. The van der Waals surface area contributed by atoms with Gasteiger partial charge in [0.05, 0.1) is 17.6 Å². The first-order valence-electron chi connectivity index (χ1n) is 7.48. The normalized spacial score (nSPS) is 15.7. The average molecular weight is 387 g/mol. The van der Waals surface area contributed by atoms with E-state index < -0.39 is 57.9 Å². The van der Waals surface area contributed by atoms with E-state index >= 15 is 0 Å². The van der Waals surface area contributed by atoms with Crippen LogP contribution in [0.25, 0.3) is 0 Å². The van der Waals surface area contributed by atoms with Gasteiger partial charge in [0.1, 0.15) is 0 Å². The fourth-order valence-electron chi connectivity index (χ4n) is 2.88. The van der Waals surface area contributed by atoms with E-state index in [2.05, 4.69) is 0 Å². The van der Waals surface area contributed by atoms with Crippen molar-refractivity contribution >= 4 is 28.6 Å². The van der Waals surface area contributed by atoms with Crippen molar-refractivity contribution in [2.45, 2.75) is 64.2 Å². The van der Waals surface area contributed by atoms with Crippen LogP contribution in [0, 0.1) is 0 Å². The number of hydrogen-bond acceptors (Lipinski definition) is 3. The molecule has 0 aromatic carbocycles. The van der Waals surface area contributed by atoms with Gasteiger partial charge < -0.3 is 14.3 Å². The van der Waals surface area contributed by atoms with Crippen LogP contribution in [-0.4, -0.2) is 45.0 Å². The summed E-state index contributed by atoms with van der Waals surface area (Å²) in [6.07, 6.45) is -6.39. The fraction of sp³-hybridized carbons (Fsp3) is 0.714. The first-order valence-corrected chi connectivity index (χ1v) is 13.9. The zero-order valence-corrected chi connectivity index (χ0v) is 16.7. The Morgan fingerprint density at radius 3 is 1.75 bits per heavy atom. The minimum absolute atomic E-state index is 0.194. The molecule has 0 fully saturated rings. The van der Waals surface area contributed by atoms with Crippen molar-refractivity contribution in [1.82, 2.24) is 0 Å². The maximum Gasteiger partial charge on any atom is 0.393 e. The van der Waals surface area contributed by atoms with E-state index in [1.807, 2.05) is 19.6 Å². The summed E-state index contributed by atoms with van der Waals surface area (Å²) in [5, 5.41) is 18.6. The van der Waals surface area contributed by atoms with E-state index in [0.29, 0.717) is 0 Å². The highest BCUT2D eigenvalue weighted by Gasteiger charge is 2.44. The van der Waals surface area contributed by atoms with Crippen LogP contribution in [0.4, 0.5) is 13.2 Å². The Morgan fingerprint density at radius 1 is 1.04 bits per heavy atom. The van der Waals surface area contributed by atoms with Crippen molar-refractivity contribution in [1.29, 1.82) is 0 Å². The highest BCUT2D eigenvalue weighted by atomic mass is 28.4. The van der Waals surface area contributed by atoms with Gasteiger partial charge in [-0.05, 0) is 39.2 Å². The third-order valence-corrected chi connectivity index (χ3v) is 10.3. The molecule has 24 heavy (non-hydrogen) atoms. The van der Waals surface area contributed by atoms with E-state index in [0.717, 1.165) is 0 Å². The molecule has 0 aromatic rings. The predicted molar refractivity (Wildman–Crippen MR) is 88.9 cm³/mol. The lowest BCUT2D eigenvalue weighted by Gasteiger charge is -2.38. The van der Waals surface area contributed by atoms with Gasteiger partial charge in [0.25, 0.3) is 0 Å². The zero-order chi connectivity index (χ0) is 19.5. The molecule has 0 amide bonds. The summed E-state index contributed by atoms with van der Waals surface area (Å²) in [6, 6.07) is 0. The highest BCUT2D eigenvalue weighted by Crippen LogP contribution is 2.39. The molecule has 5 nitrogen and oxygen atoms in total. The lowest BCUT2D eigenvalue weighted by atomic mass is 10.00. The minimum atomic E-state index is -4.81. The van der Waals surface area contributed by atoms with E-state index in [9.17, 15) is 27.9 Å². The van der Waals surface area contributed by atoms with Crippen LogP contribution in [0.1, 0.15) is 19.8 Å². The Labute approximate surface area is 141 Å². The van der Waals surface area contributed by atoms with Crippen LogP contribution in [0.5, 0.6) is 0 Å². The molecule has 140 valence electrons. The van der Waals surface area contributed by atoms with Gasteiger partial charge in [-0.25, -0.2) is 9.59 Å². The third kappa shape index (κ3) is 7.18. The molecule has 0 rings (SSSR count). The molecule has 0 aliphatic carbocycles. The Kier molecular flexibility index (Phi) is 7.46. The van der Waals surface area contributed by atoms with Gasteiger partial charge in [0, 0.05) is 5.54 Å². The van der Waals surface area contributed by atoms with Gasteiger partial charge in [-0.15, -0.1) is 0 Å². The molecule has 0 heterocycles. The number of alkyl halides is 3. The quantitative estimate of drug-likeness (QED) is 0.481. The van der Waals surface area contributed by atoms with Crippen molar-refractivity contribution in [2.24, 2.45) is 0 Å². The molecule has 0 aromatic heterocycles. The van der Waals surface area contributed by atoms with E-state index in [4.69, 9.17) is 9.22 Å². The molecule has 0 saturated carbocycles. The van der Waals surface area contributed by atoms with Crippen LogP contribution in [0.3, 0.4) is 0 Å². The fourth-order valence-corrected chi connectivity index (χ4v) is 11.7. The smallest absolute Gasteiger partial charge is 0.393 e. The molecule has 0 bridgehead atoms. The maximum atomic E-state index is 12.7. The number of carbonyl (C=O) groups is 2. The van der Waals surface area contributed by atoms with E-state index in [1.165, 1.54) is 0 Å². The van der Waals surface area contributed by atoms with Gasteiger partial charge in [-0.1, -0.05) is 6.92 Å². The second-order valence-corrected chi connectivity index (χ2v) is 16.0. The standard InChI is InChI=1S/C14H25F3O5Si2/c1-7-10(24(5,6)22-23(2,3)4)11(13(20)21)9(12(18)19)8-14(15,16)17/h10H,7-8H2,1-6H3,(H,18,19)(H,20,21)/b11-9+. The van der Waals surface area contributed by atoms with Gasteiger partial charge in [-0.3, -0.25) is 0 Å². The molecular weight excluding hydrogens is 361 g/mol. The number of hydrogen-bond donors (Lipinski definition) is 2. The molecule has 1 atom stereocenters. The highest BCUT2D eigenvalue weighted by molar-refractivity contribution is 6.85. The lowest BCUT2D eigenvalue weighted by Crippen LogP contribution is -2.47. The number of rotatable bonds is 8. The van der Waals surface area contributed by atoms with Crippen molar-refractivity contribution in [2.75, 3.05) is 0 Å². The Morgan fingerprint density at radius 2 is 1.50 bits per heavy atom. The predicted octanol–water partition coefficient (Wildman–Crippen LogP) is 4.24. The second-order valence-electron chi connectivity index (χ2n) is 7.07. The number of carboxylic acids is 2. The summed E-state index contributed by atoms with van der Waals surface area (Å²) >= 11 is 0. The molecule has 0 aliphatic heterocycles. The minimum Gasteiger partial charge on any atom is -0.478 e. The molecule has 1 unspecified atom stereocenters. The molecule has 2 N–H and O–H groups in total. The van der Waals surface area contributed by atoms with Crippen LogP contribution in [0.2, 0.25) is 38.3 Å². The summed E-state index contributed by atoms with van der Waals surface area (Å²) in [6.45, 7) is 10.7. The van der Waals surface area contributed by atoms with Crippen LogP contribution < -0.4 is 0 Å². The molecule has 10 heteroatoms. The van der Waals surface area contributed by atoms with Crippen LogP contribution >= 0.6 is 0 Å². The topological polar surface area (TPSA) is 83.8 Å². The number of halogens is 3. The van der Waals surface area contributed by atoms with E-state index in [-0.39, 0.29) is 6.42 Å². The first kappa shape index (κ1) is 22.9. The van der Waals surface area contributed by atoms with Gasteiger partial charge in [0.2, 0.25) is 0 Å². The van der Waals surface area contributed by atoms with Crippen molar-refractivity contribution in [3.05, 3.63) is 11.1 Å². The van der Waals surface area contributed by atoms with Gasteiger partial charge in [-0.2, -0.15) is 13.2 Å². The third-order valence-electron chi connectivity index (χ3n) is 3.36. The SMILES string of the molecule is CCC(/C(C(=O)O)=C(/CC(F)(F)F)C(=O)O)[Si](C)(C)O[Si](C)(C)C. The summed E-state index contributed by atoms with van der Waals surface area (Å²) < 4.78 is 44.2. The maximum absolute atomic E-state index is 12.7. The summed E-state index contributed by atoms with van der Waals surface area (Å²) in [4.78, 5) is 23.0. The van der Waals surface area contributed by atoms with E-state index in [1.54, 1.807) is 20.0 Å². The largest absolute Gasteiger partial charge is 0.478 e. The Hall–Kier alpha value is -1.14. The molecular formula is C14H25F3O5Si2. The summed E-state index contributed by atoms with van der Waals surface area (Å²) in [7, 11) is -4.87. The van der Waals surface area contributed by atoms with Crippen molar-refractivity contribution < 1.29 is 37.1 Å². The van der Waals surface area contributed by atoms with Crippen molar-refractivity contribution in [3.8, 4) is 0 Å². The monoisotopic (exact) mass is 386 g/mol. The first-order chi connectivity index (χ1) is 10.5. The summed E-state index contributed by atoms with van der Waals surface area (Å²) in [5.74, 6) is -3.50. The van der Waals surface area contributed by atoms with Gasteiger partial charge >= 0.3 is 18.1 Å². The average Bonchev–Trinajstić information content (AvgIpc) is 2.27. The molecule has 0 radical (unpaired) electrons. The number of aliphatic carboxylic acids is 2. The van der Waals surface area contributed by atoms with Crippen molar-refractivity contribution in [3.63, 3.8) is 0 Å². The van der Waals surface area contributed by atoms with Crippen LogP contribution in [-0.2, 0) is 13.7 Å². The lowest BCUT2D eigenvalue weighted by molar-refractivity contribution is -0.144. The van der Waals surface area contributed by atoms with Crippen LogP contribution in [0.15, 0.2) is 11.1 Å². The van der Waals surface area contributed by atoms with Gasteiger partial charge in [0.15, 0.2) is 16.6 Å². The zero-order valence-electron chi connectivity index (χ0n) is 14.7. The number of carboxylic acid groups (broad SMARTS) is 2. The Balaban J connectivity index is 6.28. The second kappa shape index (κ2) is 7.83.